The number of nitrogens with zero attached hydrogens (tertiary/aromatic N) is 1. The van der Waals surface area contributed by atoms with Crippen molar-refractivity contribution < 1.29 is 9.18 Å². The van der Waals surface area contributed by atoms with Gasteiger partial charge in [-0.2, -0.15) is 0 Å². The zero-order valence-electron chi connectivity index (χ0n) is 10.4. The zero-order valence-corrected chi connectivity index (χ0v) is 10.4. The van der Waals surface area contributed by atoms with Crippen LogP contribution in [-0.4, -0.2) is 11.9 Å². The summed E-state index contributed by atoms with van der Waals surface area (Å²) in [5.41, 5.74) is 1.43. The second-order valence-electron chi connectivity index (χ2n) is 4.75. The predicted octanol–water partition coefficient (Wildman–Crippen LogP) is 3.63. The summed E-state index contributed by atoms with van der Waals surface area (Å²) in [5, 5.41) is 0. The van der Waals surface area contributed by atoms with Gasteiger partial charge in [0.05, 0.1) is 0 Å². The van der Waals surface area contributed by atoms with Gasteiger partial charge in [-0.05, 0) is 49.2 Å². The van der Waals surface area contributed by atoms with Crippen molar-refractivity contribution in [2.45, 2.75) is 18.9 Å². The number of halogens is 1. The van der Waals surface area contributed by atoms with Crippen molar-refractivity contribution in [3.63, 3.8) is 0 Å². The first-order valence-corrected chi connectivity index (χ1v) is 6.40. The lowest BCUT2D eigenvalue weighted by molar-refractivity contribution is 0.0985. The molecule has 0 saturated heterocycles. The van der Waals surface area contributed by atoms with E-state index in [9.17, 15) is 9.18 Å². The third kappa shape index (κ3) is 2.50. The molecule has 0 atom stereocenters. The number of benzene rings is 2. The van der Waals surface area contributed by atoms with Gasteiger partial charge in [0.2, 0.25) is 0 Å². The van der Waals surface area contributed by atoms with Crippen LogP contribution in [0.5, 0.6) is 0 Å². The first-order chi connectivity index (χ1) is 9.25. The second kappa shape index (κ2) is 4.84. The van der Waals surface area contributed by atoms with Gasteiger partial charge >= 0.3 is 0 Å². The van der Waals surface area contributed by atoms with E-state index in [4.69, 9.17) is 0 Å². The van der Waals surface area contributed by atoms with E-state index in [0.29, 0.717) is 5.56 Å². The Balaban J connectivity index is 1.93. The summed E-state index contributed by atoms with van der Waals surface area (Å²) in [4.78, 5) is 14.3. The maximum atomic E-state index is 13.0. The van der Waals surface area contributed by atoms with E-state index < -0.39 is 0 Å². The van der Waals surface area contributed by atoms with Crippen molar-refractivity contribution in [3.8, 4) is 0 Å². The van der Waals surface area contributed by atoms with Gasteiger partial charge in [-0.1, -0.05) is 18.2 Å². The normalized spacial score (nSPS) is 14.2. The topological polar surface area (TPSA) is 20.3 Å². The van der Waals surface area contributed by atoms with Gasteiger partial charge < -0.3 is 4.90 Å². The molecule has 3 heteroatoms. The molecular weight excluding hydrogens is 241 g/mol. The Kier molecular flexibility index (Phi) is 3.03. The standard InChI is InChI=1S/C16H14FNO/c17-13-6-8-14(9-7-13)18(15-10-11-15)16(19)12-4-2-1-3-5-12/h1-9,15H,10-11H2. The van der Waals surface area contributed by atoms with E-state index in [0.717, 1.165) is 18.5 Å². The molecule has 1 saturated carbocycles. The van der Waals surface area contributed by atoms with Crippen LogP contribution in [0.2, 0.25) is 0 Å². The van der Waals surface area contributed by atoms with E-state index in [-0.39, 0.29) is 17.8 Å². The molecule has 2 aromatic rings. The number of anilines is 1. The van der Waals surface area contributed by atoms with Crippen molar-refractivity contribution in [1.82, 2.24) is 0 Å². The highest BCUT2D eigenvalue weighted by atomic mass is 19.1. The lowest BCUT2D eigenvalue weighted by atomic mass is 10.1. The van der Waals surface area contributed by atoms with E-state index in [1.165, 1.54) is 12.1 Å². The van der Waals surface area contributed by atoms with Gasteiger partial charge in [0.15, 0.2) is 0 Å². The fourth-order valence-electron chi connectivity index (χ4n) is 2.15. The molecule has 1 aliphatic rings. The van der Waals surface area contributed by atoms with Crippen molar-refractivity contribution >= 4 is 11.6 Å². The Labute approximate surface area is 111 Å². The van der Waals surface area contributed by atoms with E-state index in [2.05, 4.69) is 0 Å². The quantitative estimate of drug-likeness (QED) is 0.820. The third-order valence-corrected chi connectivity index (χ3v) is 3.26. The summed E-state index contributed by atoms with van der Waals surface area (Å²) in [6, 6.07) is 15.6. The van der Waals surface area contributed by atoms with Gasteiger partial charge in [-0.25, -0.2) is 4.39 Å². The lowest BCUT2D eigenvalue weighted by Crippen LogP contribution is -2.32. The van der Waals surface area contributed by atoms with Crippen LogP contribution >= 0.6 is 0 Å². The fraction of sp³-hybridized carbons (Fsp3) is 0.188. The van der Waals surface area contributed by atoms with Gasteiger partial charge in [-0.3, -0.25) is 4.79 Å². The first-order valence-electron chi connectivity index (χ1n) is 6.40. The molecule has 0 aliphatic heterocycles. The number of carbonyl (C=O) groups excluding carboxylic acids is 1. The summed E-state index contributed by atoms with van der Waals surface area (Å²) in [7, 11) is 0. The molecule has 1 amide bonds. The molecule has 0 radical (unpaired) electrons. The molecule has 2 nitrogen and oxygen atoms in total. The maximum absolute atomic E-state index is 13.0. The summed E-state index contributed by atoms with van der Waals surface area (Å²) in [6.45, 7) is 0. The van der Waals surface area contributed by atoms with Gasteiger partial charge in [0.1, 0.15) is 5.82 Å². The van der Waals surface area contributed by atoms with Crippen LogP contribution in [0.15, 0.2) is 54.6 Å². The summed E-state index contributed by atoms with van der Waals surface area (Å²) in [6.07, 6.45) is 2.02. The van der Waals surface area contributed by atoms with Crippen LogP contribution in [0.25, 0.3) is 0 Å². The highest BCUT2D eigenvalue weighted by Crippen LogP contribution is 2.33. The fourth-order valence-corrected chi connectivity index (χ4v) is 2.15. The molecule has 0 spiro atoms. The molecule has 1 aliphatic carbocycles. The van der Waals surface area contributed by atoms with E-state index in [1.54, 1.807) is 29.2 Å². The van der Waals surface area contributed by atoms with Crippen molar-refractivity contribution in [2.75, 3.05) is 4.90 Å². The monoisotopic (exact) mass is 255 g/mol. The molecule has 1 fully saturated rings. The van der Waals surface area contributed by atoms with E-state index >= 15 is 0 Å². The van der Waals surface area contributed by atoms with Gasteiger partial charge in [0, 0.05) is 17.3 Å². The van der Waals surface area contributed by atoms with Gasteiger partial charge in [0.25, 0.3) is 5.91 Å². The lowest BCUT2D eigenvalue weighted by Gasteiger charge is -2.22. The smallest absolute Gasteiger partial charge is 0.258 e. The Morgan fingerprint density at radius 1 is 1.00 bits per heavy atom. The van der Waals surface area contributed by atoms with Gasteiger partial charge in [-0.15, -0.1) is 0 Å². The Morgan fingerprint density at radius 3 is 2.21 bits per heavy atom. The van der Waals surface area contributed by atoms with Crippen molar-refractivity contribution in [3.05, 3.63) is 66.0 Å². The Hall–Kier alpha value is -2.16. The van der Waals surface area contributed by atoms with Crippen LogP contribution in [0, 0.1) is 5.82 Å². The number of amides is 1. The molecule has 19 heavy (non-hydrogen) atoms. The average Bonchev–Trinajstić information content (AvgIpc) is 3.27. The molecule has 96 valence electrons. The van der Waals surface area contributed by atoms with Crippen molar-refractivity contribution in [1.29, 1.82) is 0 Å². The van der Waals surface area contributed by atoms with Crippen molar-refractivity contribution in [2.24, 2.45) is 0 Å². The number of hydrogen-bond acceptors (Lipinski definition) is 1. The number of rotatable bonds is 3. The average molecular weight is 255 g/mol. The molecule has 3 rings (SSSR count). The zero-order chi connectivity index (χ0) is 13.2. The van der Waals surface area contributed by atoms with E-state index in [1.807, 2.05) is 18.2 Å². The molecule has 0 N–H and O–H groups in total. The highest BCUT2D eigenvalue weighted by Gasteiger charge is 2.34. The van der Waals surface area contributed by atoms with Crippen LogP contribution in [0.3, 0.4) is 0 Å². The minimum absolute atomic E-state index is 0.0188. The summed E-state index contributed by atoms with van der Waals surface area (Å²) in [5.74, 6) is -0.304. The molecule has 0 bridgehead atoms. The van der Waals surface area contributed by atoms with Crippen LogP contribution in [-0.2, 0) is 0 Å². The van der Waals surface area contributed by atoms with Crippen LogP contribution in [0.4, 0.5) is 10.1 Å². The first kappa shape index (κ1) is 11.9. The maximum Gasteiger partial charge on any atom is 0.258 e. The third-order valence-electron chi connectivity index (χ3n) is 3.26. The molecular formula is C16H14FNO. The summed E-state index contributed by atoms with van der Waals surface area (Å²) >= 11 is 0. The highest BCUT2D eigenvalue weighted by molar-refractivity contribution is 6.06. The minimum atomic E-state index is -0.286. The largest absolute Gasteiger partial charge is 0.305 e. The molecule has 0 unspecified atom stereocenters. The van der Waals surface area contributed by atoms with Crippen LogP contribution < -0.4 is 4.90 Å². The van der Waals surface area contributed by atoms with Crippen LogP contribution in [0.1, 0.15) is 23.2 Å². The predicted molar refractivity (Wildman–Crippen MR) is 72.7 cm³/mol. The number of hydrogen-bond donors (Lipinski definition) is 0. The molecule has 2 aromatic carbocycles. The number of carbonyl (C=O) groups is 1. The molecule has 0 heterocycles. The SMILES string of the molecule is O=C(c1ccccc1)N(c1ccc(F)cc1)C1CC1. The minimum Gasteiger partial charge on any atom is -0.305 e. The Bertz CT molecular complexity index is 575. The Morgan fingerprint density at radius 2 is 1.63 bits per heavy atom. The second-order valence-corrected chi connectivity index (χ2v) is 4.75. The molecule has 0 aromatic heterocycles. The summed E-state index contributed by atoms with van der Waals surface area (Å²) < 4.78 is 13.0.